The third kappa shape index (κ3) is 3.71. The fourth-order valence-electron chi connectivity index (χ4n) is 2.19. The maximum absolute atomic E-state index is 12.6. The number of anilines is 1. The van der Waals surface area contributed by atoms with Crippen LogP contribution < -0.4 is 5.32 Å². The highest BCUT2D eigenvalue weighted by Gasteiger charge is 2.22. The topological polar surface area (TPSA) is 68.0 Å². The summed E-state index contributed by atoms with van der Waals surface area (Å²) in [7, 11) is 0. The monoisotopic (exact) mass is 361 g/mol. The number of benzene rings is 1. The number of carbonyl (C=O) groups is 1. The van der Waals surface area contributed by atoms with Crippen LogP contribution >= 0.6 is 23.4 Å². The molecule has 3 aromatic rings. The summed E-state index contributed by atoms with van der Waals surface area (Å²) in [6.45, 7) is 3.87. The predicted molar refractivity (Wildman–Crippen MR) is 96.6 cm³/mol. The van der Waals surface area contributed by atoms with Gasteiger partial charge in [0.15, 0.2) is 11.2 Å². The van der Waals surface area contributed by atoms with Gasteiger partial charge in [-0.15, -0.1) is 0 Å². The van der Waals surface area contributed by atoms with Crippen LogP contribution in [0, 0.1) is 6.92 Å². The predicted octanol–water partition coefficient (Wildman–Crippen LogP) is 4.69. The van der Waals surface area contributed by atoms with Gasteiger partial charge >= 0.3 is 0 Å². The van der Waals surface area contributed by atoms with Gasteiger partial charge in [0.05, 0.1) is 5.25 Å². The van der Waals surface area contributed by atoms with E-state index in [0.29, 0.717) is 33.6 Å². The first-order valence-corrected chi connectivity index (χ1v) is 8.78. The van der Waals surface area contributed by atoms with E-state index in [1.165, 1.54) is 11.8 Å². The van der Waals surface area contributed by atoms with Gasteiger partial charge in [-0.05, 0) is 43.2 Å². The second kappa shape index (κ2) is 7.23. The number of fused-ring (bicyclic) bond motifs is 1. The van der Waals surface area contributed by atoms with Crippen LogP contribution in [0.5, 0.6) is 0 Å². The van der Waals surface area contributed by atoms with E-state index in [4.69, 9.17) is 16.0 Å². The summed E-state index contributed by atoms with van der Waals surface area (Å²) in [4.78, 5) is 21.0. The fraction of sp³-hybridized carbons (Fsp3) is 0.235. The molecule has 0 spiro atoms. The summed E-state index contributed by atoms with van der Waals surface area (Å²) in [6, 6.07) is 9.00. The van der Waals surface area contributed by atoms with Crippen molar-refractivity contribution in [2.75, 3.05) is 5.32 Å². The number of nitrogens with zero attached hydrogens (tertiary/aromatic N) is 2. The van der Waals surface area contributed by atoms with Crippen molar-refractivity contribution in [2.45, 2.75) is 30.7 Å². The van der Waals surface area contributed by atoms with E-state index in [1.807, 2.05) is 19.9 Å². The SMILES string of the molecule is CC[C@H](Sc1nc2ncccc2o1)C(=O)Nc1cc(Cl)ccc1C. The molecular weight excluding hydrogens is 346 g/mol. The molecular formula is C17H16ClN3O2S. The molecule has 0 aliphatic rings. The van der Waals surface area contributed by atoms with Crippen molar-refractivity contribution in [1.82, 2.24) is 9.97 Å². The number of oxazole rings is 1. The van der Waals surface area contributed by atoms with Crippen LogP contribution in [-0.4, -0.2) is 21.1 Å². The Labute approximate surface area is 148 Å². The number of rotatable bonds is 5. The zero-order valence-electron chi connectivity index (χ0n) is 13.2. The van der Waals surface area contributed by atoms with Crippen molar-refractivity contribution >= 4 is 46.2 Å². The number of pyridine rings is 1. The Balaban J connectivity index is 1.75. The maximum atomic E-state index is 12.6. The van der Waals surface area contributed by atoms with Gasteiger partial charge in [0.1, 0.15) is 0 Å². The molecule has 1 amide bonds. The number of hydrogen-bond donors (Lipinski definition) is 1. The average molecular weight is 362 g/mol. The van der Waals surface area contributed by atoms with Gasteiger partial charge in [-0.1, -0.05) is 36.4 Å². The molecule has 2 aromatic heterocycles. The van der Waals surface area contributed by atoms with E-state index in [9.17, 15) is 4.79 Å². The van der Waals surface area contributed by atoms with Crippen molar-refractivity contribution < 1.29 is 9.21 Å². The molecule has 1 N–H and O–H groups in total. The molecule has 0 saturated carbocycles. The van der Waals surface area contributed by atoms with Crippen LogP contribution in [0.3, 0.4) is 0 Å². The van der Waals surface area contributed by atoms with Crippen LogP contribution in [0.1, 0.15) is 18.9 Å². The minimum absolute atomic E-state index is 0.108. The van der Waals surface area contributed by atoms with Gasteiger partial charge < -0.3 is 9.73 Å². The second-order valence-corrected chi connectivity index (χ2v) is 6.86. The quantitative estimate of drug-likeness (QED) is 0.667. The first-order chi connectivity index (χ1) is 11.6. The van der Waals surface area contributed by atoms with Gasteiger partial charge in [0.2, 0.25) is 5.91 Å². The van der Waals surface area contributed by atoms with Gasteiger partial charge in [0.25, 0.3) is 5.22 Å². The summed E-state index contributed by atoms with van der Waals surface area (Å²) in [5.74, 6) is -0.108. The van der Waals surface area contributed by atoms with Crippen molar-refractivity contribution in [3.05, 3.63) is 47.1 Å². The van der Waals surface area contributed by atoms with E-state index in [-0.39, 0.29) is 11.2 Å². The summed E-state index contributed by atoms with van der Waals surface area (Å²) in [5, 5.41) is 3.63. The Morgan fingerprint density at radius 2 is 2.25 bits per heavy atom. The third-order valence-electron chi connectivity index (χ3n) is 3.51. The molecule has 0 fully saturated rings. The lowest BCUT2D eigenvalue weighted by molar-refractivity contribution is -0.115. The van der Waals surface area contributed by atoms with Crippen molar-refractivity contribution in [2.24, 2.45) is 0 Å². The Bertz CT molecular complexity index is 848. The summed E-state index contributed by atoms with van der Waals surface area (Å²) in [6.07, 6.45) is 2.30. The minimum Gasteiger partial charge on any atom is -0.430 e. The van der Waals surface area contributed by atoms with Gasteiger partial charge in [-0.3, -0.25) is 4.79 Å². The molecule has 0 radical (unpaired) electrons. The maximum Gasteiger partial charge on any atom is 0.259 e. The first kappa shape index (κ1) is 16.8. The Morgan fingerprint density at radius 3 is 3.00 bits per heavy atom. The van der Waals surface area contributed by atoms with Crippen LogP contribution in [0.4, 0.5) is 5.69 Å². The van der Waals surface area contributed by atoms with Crippen LogP contribution in [0.2, 0.25) is 5.02 Å². The van der Waals surface area contributed by atoms with Crippen LogP contribution in [-0.2, 0) is 4.79 Å². The number of nitrogens with one attached hydrogen (secondary N) is 1. The summed E-state index contributed by atoms with van der Waals surface area (Å²) < 4.78 is 5.63. The molecule has 3 rings (SSSR count). The molecule has 124 valence electrons. The number of aromatic nitrogens is 2. The van der Waals surface area contributed by atoms with Gasteiger partial charge in [0, 0.05) is 16.9 Å². The smallest absolute Gasteiger partial charge is 0.259 e. The standard InChI is InChI=1S/C17H16ClN3O2S/c1-3-14(16(22)20-12-9-11(18)7-6-10(12)2)24-17-21-15-13(23-17)5-4-8-19-15/h4-9,14H,3H2,1-2H3,(H,20,22)/t14-/m0/s1. The molecule has 5 nitrogen and oxygen atoms in total. The van der Waals surface area contributed by atoms with E-state index in [2.05, 4.69) is 15.3 Å². The molecule has 0 bridgehead atoms. The lowest BCUT2D eigenvalue weighted by Crippen LogP contribution is -2.25. The fourth-order valence-corrected chi connectivity index (χ4v) is 3.21. The molecule has 0 aliphatic carbocycles. The lowest BCUT2D eigenvalue weighted by atomic mass is 10.2. The second-order valence-electron chi connectivity index (χ2n) is 5.27. The summed E-state index contributed by atoms with van der Waals surface area (Å²) >= 11 is 7.29. The van der Waals surface area contributed by atoms with E-state index in [1.54, 1.807) is 30.5 Å². The first-order valence-electron chi connectivity index (χ1n) is 7.52. The summed E-state index contributed by atoms with van der Waals surface area (Å²) in [5.41, 5.74) is 2.83. The Kier molecular flexibility index (Phi) is 5.06. The van der Waals surface area contributed by atoms with Crippen molar-refractivity contribution in [3.8, 4) is 0 Å². The normalized spacial score (nSPS) is 12.3. The highest BCUT2D eigenvalue weighted by atomic mass is 35.5. The molecule has 0 saturated heterocycles. The lowest BCUT2D eigenvalue weighted by Gasteiger charge is -2.14. The number of amides is 1. The zero-order chi connectivity index (χ0) is 17.1. The van der Waals surface area contributed by atoms with Crippen molar-refractivity contribution in [3.63, 3.8) is 0 Å². The van der Waals surface area contributed by atoms with Crippen molar-refractivity contribution in [1.29, 1.82) is 0 Å². The van der Waals surface area contributed by atoms with Crippen LogP contribution in [0.15, 0.2) is 46.2 Å². The van der Waals surface area contributed by atoms with Crippen LogP contribution in [0.25, 0.3) is 11.2 Å². The van der Waals surface area contributed by atoms with E-state index in [0.717, 1.165) is 5.56 Å². The molecule has 7 heteroatoms. The highest BCUT2D eigenvalue weighted by molar-refractivity contribution is 8.00. The third-order valence-corrected chi connectivity index (χ3v) is 4.95. The molecule has 1 atom stereocenters. The molecule has 2 heterocycles. The zero-order valence-corrected chi connectivity index (χ0v) is 14.8. The van der Waals surface area contributed by atoms with Gasteiger partial charge in [-0.25, -0.2) is 4.98 Å². The van der Waals surface area contributed by atoms with E-state index >= 15 is 0 Å². The molecule has 0 aliphatic heterocycles. The largest absolute Gasteiger partial charge is 0.430 e. The number of carbonyl (C=O) groups excluding carboxylic acids is 1. The number of halogens is 1. The Hall–Kier alpha value is -2.05. The highest BCUT2D eigenvalue weighted by Crippen LogP contribution is 2.29. The molecule has 0 unspecified atom stereocenters. The molecule has 24 heavy (non-hydrogen) atoms. The average Bonchev–Trinajstić information content (AvgIpc) is 2.98. The molecule has 1 aromatic carbocycles. The van der Waals surface area contributed by atoms with Gasteiger partial charge in [-0.2, -0.15) is 4.98 Å². The number of aryl methyl sites for hydroxylation is 1. The minimum atomic E-state index is -0.323. The number of hydrogen-bond acceptors (Lipinski definition) is 5. The Morgan fingerprint density at radius 1 is 1.42 bits per heavy atom. The number of thioether (sulfide) groups is 1. The van der Waals surface area contributed by atoms with E-state index < -0.39 is 0 Å².